The molecule has 9 nitrogen and oxygen atoms in total. The number of nitrogens with zero attached hydrogens (tertiary/aromatic N) is 4. The third-order valence-corrected chi connectivity index (χ3v) is 25.1. The predicted molar refractivity (Wildman–Crippen MR) is 475 cm³/mol. The minimum absolute atomic E-state index is 0.330. The standard InChI is InChI=1S/C55H34N2O2S.C24H23BO3.C19H12Br2N2S/c1-3-11-41(12-4-1)57(42-13-5-2-6-14-42)55-56-53-43(37-23-19-35(20-24-37)39-27-31-51-47(33-39)45-15-7-9-17-49(45)58-51)29-30-44(54(53)60-55)38-25-21-36(22-26-38)40-28-32-52-48(34-40)46-16-8-10-18-50(46)59-52;1-23(2)24(3,4)28-25(27-23)18-12-9-16(10-13-18)17-11-14-22-20(15-17)19-7-5-6-8-21(19)26-22;20-15-11-12-16(21)18-17(15)22-19(24-18)23(13-7-3-1-4-8-13)14-9-5-2-6-10-14/h1-34H;5-15H,1-4H3;1-12H. The largest absolute Gasteiger partial charge is 0.494 e. The van der Waals surface area contributed by atoms with Crippen LogP contribution in [0.15, 0.2) is 368 Å². The van der Waals surface area contributed by atoms with Crippen LogP contribution in [-0.2, 0) is 9.31 Å². The maximum absolute atomic E-state index is 6.16. The van der Waals surface area contributed by atoms with E-state index in [0.29, 0.717) is 0 Å². The molecule has 1 fully saturated rings. The topological polar surface area (TPSA) is 90.1 Å². The van der Waals surface area contributed by atoms with Crippen molar-refractivity contribution in [1.29, 1.82) is 0 Å². The van der Waals surface area contributed by atoms with Crippen LogP contribution in [0.25, 0.3) is 142 Å². The second-order valence-corrected chi connectivity index (χ2v) is 32.5. The maximum Gasteiger partial charge on any atom is 0.494 e. The lowest BCUT2D eigenvalue weighted by atomic mass is 9.78. The fourth-order valence-electron chi connectivity index (χ4n) is 14.8. The molecular formula is C98H69BBr2N4O5S2. The van der Waals surface area contributed by atoms with E-state index in [9.17, 15) is 0 Å². The van der Waals surface area contributed by atoms with Crippen molar-refractivity contribution in [1.82, 2.24) is 9.97 Å². The van der Waals surface area contributed by atoms with Gasteiger partial charge in [0.1, 0.15) is 33.5 Å². The molecule has 1 saturated heterocycles. The molecule has 15 aromatic carbocycles. The highest BCUT2D eigenvalue weighted by atomic mass is 79.9. The lowest BCUT2D eigenvalue weighted by molar-refractivity contribution is 0.00578. The molecule has 1 aliphatic rings. The van der Waals surface area contributed by atoms with Gasteiger partial charge < -0.3 is 22.6 Å². The molecule has 1 aliphatic heterocycles. The number of furan rings is 3. The zero-order chi connectivity index (χ0) is 75.6. The summed E-state index contributed by atoms with van der Waals surface area (Å²) in [5.41, 5.74) is 23.5. The fraction of sp³-hybridized carbons (Fsp3) is 0.0612. The molecule has 0 amide bonds. The molecule has 0 bridgehead atoms. The average molecular weight is 1620 g/mol. The van der Waals surface area contributed by atoms with Crippen molar-refractivity contribution >= 4 is 186 Å². The number of rotatable bonds is 12. The summed E-state index contributed by atoms with van der Waals surface area (Å²) in [5.74, 6) is 0. The van der Waals surface area contributed by atoms with Crippen molar-refractivity contribution in [3.05, 3.63) is 355 Å². The molecule has 112 heavy (non-hydrogen) atoms. The maximum atomic E-state index is 6.16. The number of thiazole rings is 2. The molecular weight excluding hydrogens is 1550 g/mol. The van der Waals surface area contributed by atoms with Crippen molar-refractivity contribution in [3.8, 4) is 55.6 Å². The fourth-order valence-corrected chi connectivity index (χ4v) is 18.2. The smallest absolute Gasteiger partial charge is 0.456 e. The molecule has 0 N–H and O–H groups in total. The summed E-state index contributed by atoms with van der Waals surface area (Å²) in [6.07, 6.45) is 0. The van der Waals surface area contributed by atoms with E-state index in [0.717, 1.165) is 184 Å². The van der Waals surface area contributed by atoms with Gasteiger partial charge >= 0.3 is 7.12 Å². The Balaban J connectivity index is 0.000000133. The molecule has 0 aliphatic carbocycles. The summed E-state index contributed by atoms with van der Waals surface area (Å²) in [7, 11) is -0.334. The van der Waals surface area contributed by atoms with E-state index in [4.69, 9.17) is 32.5 Å². The zero-order valence-corrected chi connectivity index (χ0v) is 66.2. The summed E-state index contributed by atoms with van der Waals surface area (Å²) in [5, 5.41) is 8.66. The highest BCUT2D eigenvalue weighted by Crippen LogP contribution is 2.48. The van der Waals surface area contributed by atoms with Gasteiger partial charge in [0.2, 0.25) is 0 Å². The molecule has 0 spiro atoms. The second kappa shape index (κ2) is 29.4. The van der Waals surface area contributed by atoms with Crippen LogP contribution in [0.3, 0.4) is 0 Å². The van der Waals surface area contributed by atoms with E-state index in [2.05, 4.69) is 318 Å². The van der Waals surface area contributed by atoms with Gasteiger partial charge in [-0.1, -0.05) is 253 Å². The monoisotopic (exact) mass is 1610 g/mol. The quantitative estimate of drug-likeness (QED) is 0.111. The number of para-hydroxylation sites is 7. The van der Waals surface area contributed by atoms with Crippen LogP contribution in [0.5, 0.6) is 0 Å². The number of hydrogen-bond acceptors (Lipinski definition) is 11. The van der Waals surface area contributed by atoms with Gasteiger partial charge in [-0.2, -0.15) is 0 Å². The summed E-state index contributed by atoms with van der Waals surface area (Å²) < 4.78 is 34.8. The van der Waals surface area contributed by atoms with Crippen LogP contribution in [0.4, 0.5) is 33.0 Å². The lowest BCUT2D eigenvalue weighted by Gasteiger charge is -2.32. The third kappa shape index (κ3) is 13.3. The van der Waals surface area contributed by atoms with Gasteiger partial charge in [-0.05, 0) is 225 Å². The van der Waals surface area contributed by atoms with E-state index in [-0.39, 0.29) is 18.3 Å². The van der Waals surface area contributed by atoms with Crippen molar-refractivity contribution in [2.45, 2.75) is 38.9 Å². The molecule has 21 rings (SSSR count). The van der Waals surface area contributed by atoms with Gasteiger partial charge in [0, 0.05) is 75.1 Å². The summed E-state index contributed by atoms with van der Waals surface area (Å²) in [4.78, 5) is 14.8. The Morgan fingerprint density at radius 1 is 0.286 bits per heavy atom. The molecule has 14 heteroatoms. The molecule has 5 aromatic heterocycles. The van der Waals surface area contributed by atoms with E-state index in [1.165, 1.54) is 5.56 Å². The number of anilines is 6. The number of halogens is 2. The van der Waals surface area contributed by atoms with Crippen molar-refractivity contribution in [2.75, 3.05) is 9.80 Å². The Morgan fingerprint density at radius 3 is 1.00 bits per heavy atom. The van der Waals surface area contributed by atoms with Crippen molar-refractivity contribution in [3.63, 3.8) is 0 Å². The summed E-state index contributed by atoms with van der Waals surface area (Å²) >= 11 is 10.6. The Hall–Kier alpha value is -12.0. The first-order valence-corrected chi connectivity index (χ1v) is 40.4. The highest BCUT2D eigenvalue weighted by Gasteiger charge is 2.51. The molecule has 6 heterocycles. The van der Waals surface area contributed by atoms with Crippen LogP contribution in [0, 0.1) is 0 Å². The van der Waals surface area contributed by atoms with Crippen molar-refractivity contribution < 1.29 is 22.6 Å². The van der Waals surface area contributed by atoms with E-state index in [1.807, 2.05) is 97.1 Å². The first kappa shape index (κ1) is 70.4. The van der Waals surface area contributed by atoms with Gasteiger partial charge in [-0.15, -0.1) is 0 Å². The van der Waals surface area contributed by atoms with Gasteiger partial charge in [-0.3, -0.25) is 9.80 Å². The molecule has 0 unspecified atom stereocenters. The van der Waals surface area contributed by atoms with Crippen LogP contribution < -0.4 is 15.3 Å². The average Bonchev–Trinajstić information content (AvgIpc) is 1.58. The van der Waals surface area contributed by atoms with Gasteiger partial charge in [0.05, 0.1) is 31.6 Å². The number of aromatic nitrogens is 2. The van der Waals surface area contributed by atoms with Crippen molar-refractivity contribution in [2.24, 2.45) is 0 Å². The number of fused-ring (bicyclic) bond motifs is 11. The molecule has 0 saturated carbocycles. The van der Waals surface area contributed by atoms with E-state index < -0.39 is 0 Å². The van der Waals surface area contributed by atoms with Gasteiger partial charge in [-0.25, -0.2) is 9.97 Å². The van der Waals surface area contributed by atoms with Gasteiger partial charge in [0.25, 0.3) is 0 Å². The molecule has 0 atom stereocenters. The Kier molecular flexibility index (Phi) is 18.5. The van der Waals surface area contributed by atoms with Crippen LogP contribution in [0.2, 0.25) is 0 Å². The lowest BCUT2D eigenvalue weighted by Crippen LogP contribution is -2.41. The zero-order valence-electron chi connectivity index (χ0n) is 61.4. The first-order chi connectivity index (χ1) is 54.8. The van der Waals surface area contributed by atoms with Crippen LogP contribution in [0.1, 0.15) is 27.7 Å². The Labute approximate surface area is 672 Å². The summed E-state index contributed by atoms with van der Waals surface area (Å²) in [6, 6.07) is 120. The highest BCUT2D eigenvalue weighted by molar-refractivity contribution is 9.11. The van der Waals surface area contributed by atoms with Crippen LogP contribution in [-0.4, -0.2) is 28.3 Å². The second-order valence-electron chi connectivity index (χ2n) is 28.8. The Bertz CT molecular complexity index is 6540. The Morgan fingerprint density at radius 2 is 0.598 bits per heavy atom. The first-order valence-electron chi connectivity index (χ1n) is 37.2. The predicted octanol–water partition coefficient (Wildman–Crippen LogP) is 29.1. The van der Waals surface area contributed by atoms with E-state index >= 15 is 0 Å². The van der Waals surface area contributed by atoms with E-state index in [1.54, 1.807) is 22.7 Å². The number of hydrogen-bond donors (Lipinski definition) is 0. The normalized spacial score (nSPS) is 13.1. The third-order valence-electron chi connectivity index (χ3n) is 21.4. The minimum atomic E-state index is -0.334. The summed E-state index contributed by atoms with van der Waals surface area (Å²) in [6.45, 7) is 8.30. The SMILES string of the molecule is Brc1ccc(Br)c2sc(N(c3ccccc3)c3ccccc3)nc12.CC1(C)OB(c2ccc(-c3ccc4oc5ccccc5c4c3)cc2)OC1(C)C.c1ccc(N(c2ccccc2)c2nc3c(-c4ccc(-c5ccc6oc7ccccc7c6c5)cc4)ccc(-c4ccc(-c5ccc6oc7ccccc7c6c5)cc4)c3s2)cc1. The number of benzene rings is 15. The molecule has 0 radical (unpaired) electrons. The van der Waals surface area contributed by atoms with Gasteiger partial charge in [0.15, 0.2) is 10.3 Å². The minimum Gasteiger partial charge on any atom is -0.456 e. The van der Waals surface area contributed by atoms with Crippen LogP contribution >= 0.6 is 54.5 Å². The molecule has 540 valence electrons. The molecule has 20 aromatic rings.